The zero-order chi connectivity index (χ0) is 13.1. The van der Waals surface area contributed by atoms with Gasteiger partial charge in [0.15, 0.2) is 0 Å². The average molecular weight is 251 g/mol. The molecule has 1 heterocycles. The molecule has 0 aliphatic carbocycles. The second-order valence-corrected chi connectivity index (χ2v) is 4.90. The van der Waals surface area contributed by atoms with Crippen molar-refractivity contribution in [2.24, 2.45) is 5.92 Å². The standard InChI is InChI=1S/C14H18FNO2/c1-10(11-4-6-13(15)7-5-11)16-8-2-3-12(9-16)14(17)18/h4-7,10,12H,2-3,8-9H2,1H3,(H,17,18). The van der Waals surface area contributed by atoms with E-state index < -0.39 is 5.97 Å². The molecular formula is C14H18FNO2. The number of benzene rings is 1. The Labute approximate surface area is 106 Å². The minimum absolute atomic E-state index is 0.132. The summed E-state index contributed by atoms with van der Waals surface area (Å²) in [6.07, 6.45) is 1.66. The first-order chi connectivity index (χ1) is 8.58. The minimum atomic E-state index is -0.717. The SMILES string of the molecule is CC(c1ccc(F)cc1)N1CCCC(C(=O)O)C1. The molecule has 18 heavy (non-hydrogen) atoms. The first-order valence-corrected chi connectivity index (χ1v) is 6.30. The van der Waals surface area contributed by atoms with Crippen LogP contribution >= 0.6 is 0 Å². The van der Waals surface area contributed by atoms with Crippen LogP contribution in [0.15, 0.2) is 24.3 Å². The van der Waals surface area contributed by atoms with E-state index in [-0.39, 0.29) is 17.8 Å². The van der Waals surface area contributed by atoms with Gasteiger partial charge in [-0.25, -0.2) is 4.39 Å². The molecule has 0 aromatic heterocycles. The van der Waals surface area contributed by atoms with Crippen LogP contribution in [-0.4, -0.2) is 29.1 Å². The molecular weight excluding hydrogens is 233 g/mol. The molecule has 0 saturated carbocycles. The van der Waals surface area contributed by atoms with E-state index in [0.717, 1.165) is 24.9 Å². The molecule has 1 aromatic rings. The minimum Gasteiger partial charge on any atom is -0.481 e. The van der Waals surface area contributed by atoms with Crippen molar-refractivity contribution in [2.45, 2.75) is 25.8 Å². The highest BCUT2D eigenvalue weighted by Gasteiger charge is 2.28. The molecule has 2 atom stereocenters. The zero-order valence-electron chi connectivity index (χ0n) is 10.5. The van der Waals surface area contributed by atoms with E-state index in [4.69, 9.17) is 5.11 Å². The summed E-state index contributed by atoms with van der Waals surface area (Å²) in [5, 5.41) is 9.07. The summed E-state index contributed by atoms with van der Waals surface area (Å²) in [5.74, 6) is -1.24. The normalized spacial score (nSPS) is 22.7. The Morgan fingerprint density at radius 1 is 1.44 bits per heavy atom. The molecule has 1 N–H and O–H groups in total. The number of piperidine rings is 1. The topological polar surface area (TPSA) is 40.5 Å². The quantitative estimate of drug-likeness (QED) is 0.898. The second-order valence-electron chi connectivity index (χ2n) is 4.90. The lowest BCUT2D eigenvalue weighted by molar-refractivity contribution is -0.143. The number of carboxylic acid groups (broad SMARTS) is 1. The van der Waals surface area contributed by atoms with E-state index in [1.165, 1.54) is 12.1 Å². The number of carbonyl (C=O) groups is 1. The third-order valence-corrected chi connectivity index (χ3v) is 3.70. The summed E-state index contributed by atoms with van der Waals surface area (Å²) in [6, 6.07) is 6.57. The van der Waals surface area contributed by atoms with Gasteiger partial charge >= 0.3 is 5.97 Å². The van der Waals surface area contributed by atoms with Crippen molar-refractivity contribution in [2.75, 3.05) is 13.1 Å². The Hall–Kier alpha value is -1.42. The fraction of sp³-hybridized carbons (Fsp3) is 0.500. The number of hydrogen-bond donors (Lipinski definition) is 1. The molecule has 3 nitrogen and oxygen atoms in total. The van der Waals surface area contributed by atoms with Gasteiger partial charge in [-0.15, -0.1) is 0 Å². The fourth-order valence-electron chi connectivity index (χ4n) is 2.51. The number of nitrogens with zero attached hydrogens (tertiary/aromatic N) is 1. The number of halogens is 1. The van der Waals surface area contributed by atoms with Gasteiger partial charge in [-0.05, 0) is 44.0 Å². The van der Waals surface area contributed by atoms with Crippen molar-refractivity contribution in [3.05, 3.63) is 35.6 Å². The summed E-state index contributed by atoms with van der Waals surface area (Å²) < 4.78 is 12.9. The molecule has 0 spiro atoms. The van der Waals surface area contributed by atoms with E-state index in [0.29, 0.717) is 6.54 Å². The van der Waals surface area contributed by atoms with Gasteiger partial charge in [0.25, 0.3) is 0 Å². The number of hydrogen-bond acceptors (Lipinski definition) is 2. The van der Waals surface area contributed by atoms with Crippen molar-refractivity contribution >= 4 is 5.97 Å². The van der Waals surface area contributed by atoms with Gasteiger partial charge in [-0.3, -0.25) is 9.69 Å². The third kappa shape index (κ3) is 2.88. The highest BCUT2D eigenvalue weighted by molar-refractivity contribution is 5.70. The Bertz CT molecular complexity index is 418. The van der Waals surface area contributed by atoms with Gasteiger partial charge in [0.1, 0.15) is 5.82 Å². The summed E-state index contributed by atoms with van der Waals surface area (Å²) in [7, 11) is 0. The zero-order valence-corrected chi connectivity index (χ0v) is 10.5. The maximum Gasteiger partial charge on any atom is 0.307 e. The highest BCUT2D eigenvalue weighted by atomic mass is 19.1. The fourth-order valence-corrected chi connectivity index (χ4v) is 2.51. The number of carboxylic acids is 1. The van der Waals surface area contributed by atoms with Crippen LogP contribution in [0.1, 0.15) is 31.4 Å². The molecule has 4 heteroatoms. The lowest BCUT2D eigenvalue weighted by Gasteiger charge is -2.35. The summed E-state index contributed by atoms with van der Waals surface area (Å²) in [5.41, 5.74) is 1.03. The van der Waals surface area contributed by atoms with Crippen LogP contribution in [-0.2, 0) is 4.79 Å². The van der Waals surface area contributed by atoms with Gasteiger partial charge in [0.05, 0.1) is 5.92 Å². The van der Waals surface area contributed by atoms with Crippen LogP contribution in [0.5, 0.6) is 0 Å². The maximum atomic E-state index is 12.9. The smallest absolute Gasteiger partial charge is 0.307 e. The summed E-state index contributed by atoms with van der Waals surface area (Å²) in [4.78, 5) is 13.2. The number of aliphatic carboxylic acids is 1. The molecule has 1 saturated heterocycles. The Morgan fingerprint density at radius 3 is 2.72 bits per heavy atom. The predicted octanol–water partition coefficient (Wildman–Crippen LogP) is 2.68. The Morgan fingerprint density at radius 2 is 2.11 bits per heavy atom. The molecule has 1 aromatic carbocycles. The van der Waals surface area contributed by atoms with Crippen molar-refractivity contribution in [1.29, 1.82) is 0 Å². The van der Waals surface area contributed by atoms with Crippen LogP contribution in [0.4, 0.5) is 4.39 Å². The summed E-state index contributed by atoms with van der Waals surface area (Å²) in [6.45, 7) is 3.52. The number of rotatable bonds is 3. The molecule has 1 fully saturated rings. The molecule has 0 radical (unpaired) electrons. The van der Waals surface area contributed by atoms with Crippen LogP contribution < -0.4 is 0 Å². The second kappa shape index (κ2) is 5.48. The molecule has 2 rings (SSSR count). The van der Waals surface area contributed by atoms with Crippen LogP contribution in [0.2, 0.25) is 0 Å². The summed E-state index contributed by atoms with van der Waals surface area (Å²) >= 11 is 0. The maximum absolute atomic E-state index is 12.9. The van der Waals surface area contributed by atoms with E-state index in [1.807, 2.05) is 6.92 Å². The third-order valence-electron chi connectivity index (χ3n) is 3.70. The number of likely N-dealkylation sites (tertiary alicyclic amines) is 1. The molecule has 0 amide bonds. The highest BCUT2D eigenvalue weighted by Crippen LogP contribution is 2.26. The van der Waals surface area contributed by atoms with Crippen molar-refractivity contribution in [3.8, 4) is 0 Å². The Balaban J connectivity index is 2.06. The predicted molar refractivity (Wildman–Crippen MR) is 66.7 cm³/mol. The average Bonchev–Trinajstić information content (AvgIpc) is 2.39. The first kappa shape index (κ1) is 13.0. The van der Waals surface area contributed by atoms with Gasteiger partial charge in [0.2, 0.25) is 0 Å². The molecule has 2 unspecified atom stereocenters. The van der Waals surface area contributed by atoms with E-state index in [1.54, 1.807) is 12.1 Å². The van der Waals surface area contributed by atoms with Crippen LogP contribution in [0.3, 0.4) is 0 Å². The largest absolute Gasteiger partial charge is 0.481 e. The van der Waals surface area contributed by atoms with Crippen LogP contribution in [0, 0.1) is 11.7 Å². The molecule has 98 valence electrons. The molecule has 0 bridgehead atoms. The van der Waals surface area contributed by atoms with Gasteiger partial charge < -0.3 is 5.11 Å². The lowest BCUT2D eigenvalue weighted by Crippen LogP contribution is -2.40. The monoisotopic (exact) mass is 251 g/mol. The van der Waals surface area contributed by atoms with Gasteiger partial charge in [-0.2, -0.15) is 0 Å². The Kier molecular flexibility index (Phi) is 3.97. The van der Waals surface area contributed by atoms with Gasteiger partial charge in [0, 0.05) is 12.6 Å². The van der Waals surface area contributed by atoms with Gasteiger partial charge in [-0.1, -0.05) is 12.1 Å². The van der Waals surface area contributed by atoms with Crippen molar-refractivity contribution < 1.29 is 14.3 Å². The van der Waals surface area contributed by atoms with E-state index >= 15 is 0 Å². The van der Waals surface area contributed by atoms with Crippen LogP contribution in [0.25, 0.3) is 0 Å². The first-order valence-electron chi connectivity index (χ1n) is 6.30. The van der Waals surface area contributed by atoms with E-state index in [9.17, 15) is 9.18 Å². The molecule has 1 aliphatic rings. The van der Waals surface area contributed by atoms with Crippen molar-refractivity contribution in [3.63, 3.8) is 0 Å². The van der Waals surface area contributed by atoms with E-state index in [2.05, 4.69) is 4.90 Å². The molecule has 1 aliphatic heterocycles. The lowest BCUT2D eigenvalue weighted by atomic mass is 9.95. The van der Waals surface area contributed by atoms with Crippen molar-refractivity contribution in [1.82, 2.24) is 4.90 Å².